The number of ether oxygens (including phenoxy) is 1. The predicted molar refractivity (Wildman–Crippen MR) is 49.1 cm³/mol. The first-order chi connectivity index (χ1) is 4.77. The third-order valence-corrected chi connectivity index (χ3v) is 2.12. The lowest BCUT2D eigenvalue weighted by atomic mass is 10.6. The van der Waals surface area contributed by atoms with Crippen molar-refractivity contribution < 1.29 is 4.74 Å². The highest BCUT2D eigenvalue weighted by atomic mass is 35.5. The summed E-state index contributed by atoms with van der Waals surface area (Å²) < 4.78 is 5.18. The molecule has 0 aromatic carbocycles. The highest BCUT2D eigenvalue weighted by molar-refractivity contribution is 7.99. The molecule has 0 bridgehead atoms. The summed E-state index contributed by atoms with van der Waals surface area (Å²) in [6, 6.07) is 0. The van der Waals surface area contributed by atoms with Gasteiger partial charge in [0.05, 0.1) is 13.2 Å². The van der Waals surface area contributed by atoms with Crippen LogP contribution in [0.1, 0.15) is 13.8 Å². The molecule has 10 heavy (non-hydrogen) atoms. The average molecular weight is 183 g/mol. The van der Waals surface area contributed by atoms with E-state index in [1.54, 1.807) is 0 Å². The Morgan fingerprint density at radius 3 is 2.60 bits per heavy atom. The maximum atomic E-state index is 5.41. The second-order valence-corrected chi connectivity index (χ2v) is 4.28. The third kappa shape index (κ3) is 8.60. The predicted octanol–water partition coefficient (Wildman–Crippen LogP) is 2.38. The topological polar surface area (TPSA) is 9.23 Å². The Hall–Kier alpha value is 0.600. The van der Waals surface area contributed by atoms with Crippen molar-refractivity contribution in [2.75, 3.05) is 24.8 Å². The summed E-state index contributed by atoms with van der Waals surface area (Å²) in [5, 5.41) is 0.708. The molecule has 3 heteroatoms. The molecule has 0 aliphatic carbocycles. The summed E-state index contributed by atoms with van der Waals surface area (Å²) in [5.41, 5.74) is 0. The largest absolute Gasteiger partial charge is 0.379 e. The van der Waals surface area contributed by atoms with E-state index in [1.165, 1.54) is 0 Å². The Bertz CT molecular complexity index is 68.6. The fraction of sp³-hybridized carbons (Fsp3) is 1.00. The van der Waals surface area contributed by atoms with Crippen LogP contribution in [-0.4, -0.2) is 30.1 Å². The molecule has 0 rings (SSSR count). The van der Waals surface area contributed by atoms with Crippen LogP contribution < -0.4 is 0 Å². The average Bonchev–Trinajstić information content (AvgIpc) is 1.87. The van der Waals surface area contributed by atoms with Crippen LogP contribution in [0.4, 0.5) is 0 Å². The lowest BCUT2D eigenvalue weighted by Crippen LogP contribution is -2.01. The zero-order valence-electron chi connectivity index (χ0n) is 6.60. The normalized spacial score (nSPS) is 10.8. The lowest BCUT2D eigenvalue weighted by Gasteiger charge is -2.03. The minimum Gasteiger partial charge on any atom is -0.379 e. The van der Waals surface area contributed by atoms with Crippen LogP contribution in [0.15, 0.2) is 0 Å². The first-order valence-corrected chi connectivity index (χ1v) is 5.11. The first-order valence-electron chi connectivity index (χ1n) is 3.52. The molecule has 1 nitrogen and oxygen atoms in total. The van der Waals surface area contributed by atoms with E-state index in [-0.39, 0.29) is 0 Å². The number of halogens is 1. The van der Waals surface area contributed by atoms with Gasteiger partial charge in [0, 0.05) is 11.6 Å². The van der Waals surface area contributed by atoms with E-state index >= 15 is 0 Å². The Kier molecular flexibility index (Phi) is 8.17. The van der Waals surface area contributed by atoms with Gasteiger partial charge in [-0.15, -0.1) is 11.6 Å². The van der Waals surface area contributed by atoms with Crippen molar-refractivity contribution >= 4 is 23.4 Å². The van der Waals surface area contributed by atoms with Crippen molar-refractivity contribution in [1.82, 2.24) is 0 Å². The maximum absolute atomic E-state index is 5.41. The van der Waals surface area contributed by atoms with E-state index in [9.17, 15) is 0 Å². The van der Waals surface area contributed by atoms with Crippen LogP contribution >= 0.6 is 23.4 Å². The molecule has 0 unspecified atom stereocenters. The van der Waals surface area contributed by atoms with Crippen LogP contribution in [0.5, 0.6) is 0 Å². The van der Waals surface area contributed by atoms with Gasteiger partial charge in [-0.25, -0.2) is 0 Å². The molecule has 0 heterocycles. The van der Waals surface area contributed by atoms with E-state index in [0.29, 0.717) is 17.7 Å². The van der Waals surface area contributed by atoms with Gasteiger partial charge < -0.3 is 4.74 Å². The third-order valence-electron chi connectivity index (χ3n) is 0.900. The standard InChI is InChI=1S/C7H15ClOS/c1-7(2)10-6-5-9-4-3-8/h7H,3-6H2,1-2H3. The quantitative estimate of drug-likeness (QED) is 0.461. The van der Waals surface area contributed by atoms with Gasteiger partial charge in [0.15, 0.2) is 0 Å². The van der Waals surface area contributed by atoms with Crippen LogP contribution in [0.3, 0.4) is 0 Å². The molecule has 0 aliphatic rings. The molecule has 0 saturated heterocycles. The number of rotatable bonds is 6. The number of alkyl halides is 1. The Balaban J connectivity index is 2.77. The van der Waals surface area contributed by atoms with Gasteiger partial charge in [-0.1, -0.05) is 13.8 Å². The van der Waals surface area contributed by atoms with Crippen molar-refractivity contribution in [1.29, 1.82) is 0 Å². The Labute approximate surface area is 72.5 Å². The minimum atomic E-state index is 0.604. The summed E-state index contributed by atoms with van der Waals surface area (Å²) in [5.74, 6) is 1.68. The van der Waals surface area contributed by atoms with Crippen molar-refractivity contribution in [3.8, 4) is 0 Å². The van der Waals surface area contributed by atoms with Gasteiger partial charge in [0.25, 0.3) is 0 Å². The van der Waals surface area contributed by atoms with E-state index in [2.05, 4.69) is 13.8 Å². The van der Waals surface area contributed by atoms with Crippen LogP contribution in [0, 0.1) is 0 Å². The maximum Gasteiger partial charge on any atom is 0.0602 e. The summed E-state index contributed by atoms with van der Waals surface area (Å²) in [7, 11) is 0. The monoisotopic (exact) mass is 182 g/mol. The fourth-order valence-corrected chi connectivity index (χ4v) is 1.29. The molecule has 0 aliphatic heterocycles. The lowest BCUT2D eigenvalue weighted by molar-refractivity contribution is 0.166. The number of hydrogen-bond donors (Lipinski definition) is 0. The molecule has 0 saturated carbocycles. The van der Waals surface area contributed by atoms with Gasteiger partial charge >= 0.3 is 0 Å². The molecule has 0 aromatic heterocycles. The zero-order chi connectivity index (χ0) is 7.82. The molecule has 0 fully saturated rings. The van der Waals surface area contributed by atoms with Crippen LogP contribution in [-0.2, 0) is 4.74 Å². The smallest absolute Gasteiger partial charge is 0.0602 e. The van der Waals surface area contributed by atoms with Gasteiger partial charge in [0.2, 0.25) is 0 Å². The van der Waals surface area contributed by atoms with Crippen LogP contribution in [0.25, 0.3) is 0 Å². The van der Waals surface area contributed by atoms with E-state index in [0.717, 1.165) is 12.4 Å². The minimum absolute atomic E-state index is 0.604. The zero-order valence-corrected chi connectivity index (χ0v) is 8.17. The fourth-order valence-electron chi connectivity index (χ4n) is 0.499. The number of hydrogen-bond acceptors (Lipinski definition) is 2. The molecule has 0 N–H and O–H groups in total. The summed E-state index contributed by atoms with van der Waals surface area (Å²) in [4.78, 5) is 0. The van der Waals surface area contributed by atoms with Gasteiger partial charge in [-0.05, 0) is 5.25 Å². The number of thioether (sulfide) groups is 1. The molecule has 0 atom stereocenters. The van der Waals surface area contributed by atoms with Gasteiger partial charge in [-0.2, -0.15) is 11.8 Å². The molecule has 0 amide bonds. The van der Waals surface area contributed by atoms with Crippen molar-refractivity contribution in [3.05, 3.63) is 0 Å². The highest BCUT2D eigenvalue weighted by Gasteiger charge is 1.92. The molecule has 0 aromatic rings. The molecular weight excluding hydrogens is 168 g/mol. The summed E-state index contributed by atoms with van der Waals surface area (Å²) in [6.07, 6.45) is 0. The molecule has 62 valence electrons. The summed E-state index contributed by atoms with van der Waals surface area (Å²) in [6.45, 7) is 5.88. The molecule has 0 spiro atoms. The summed E-state index contributed by atoms with van der Waals surface area (Å²) >= 11 is 7.32. The van der Waals surface area contributed by atoms with Crippen LogP contribution in [0.2, 0.25) is 0 Å². The second-order valence-electron chi connectivity index (χ2n) is 2.22. The van der Waals surface area contributed by atoms with Gasteiger partial charge in [0.1, 0.15) is 0 Å². The highest BCUT2D eigenvalue weighted by Crippen LogP contribution is 2.07. The van der Waals surface area contributed by atoms with Crippen molar-refractivity contribution in [3.63, 3.8) is 0 Å². The Morgan fingerprint density at radius 2 is 2.10 bits per heavy atom. The molecule has 0 radical (unpaired) electrons. The van der Waals surface area contributed by atoms with Crippen molar-refractivity contribution in [2.45, 2.75) is 19.1 Å². The first kappa shape index (κ1) is 10.6. The van der Waals surface area contributed by atoms with E-state index in [1.807, 2.05) is 11.8 Å². The van der Waals surface area contributed by atoms with Crippen molar-refractivity contribution in [2.24, 2.45) is 0 Å². The van der Waals surface area contributed by atoms with E-state index < -0.39 is 0 Å². The Morgan fingerprint density at radius 1 is 1.40 bits per heavy atom. The van der Waals surface area contributed by atoms with E-state index in [4.69, 9.17) is 16.3 Å². The van der Waals surface area contributed by atoms with Gasteiger partial charge in [-0.3, -0.25) is 0 Å². The second kappa shape index (κ2) is 7.70. The SMILES string of the molecule is CC(C)SCCOCCCl. The molecular formula is C7H15ClOS.